The predicted molar refractivity (Wildman–Crippen MR) is 64.1 cm³/mol. The van der Waals surface area contributed by atoms with Crippen molar-refractivity contribution < 1.29 is 14.3 Å². The molecule has 2 N–H and O–H groups in total. The molecule has 18 heavy (non-hydrogen) atoms. The number of nitrogens with two attached hydrogens (primary N) is 1. The lowest BCUT2D eigenvalue weighted by atomic mass is 10.2. The molecule has 1 atom stereocenters. The van der Waals surface area contributed by atoms with Crippen LogP contribution < -0.4 is 5.73 Å². The summed E-state index contributed by atoms with van der Waals surface area (Å²) in [6.45, 7) is 0.790. The third kappa shape index (κ3) is 2.60. The summed E-state index contributed by atoms with van der Waals surface area (Å²) in [6.07, 6.45) is 1.44. The fourth-order valence-corrected chi connectivity index (χ4v) is 1.91. The Morgan fingerprint density at radius 1 is 1.56 bits per heavy atom. The van der Waals surface area contributed by atoms with Crippen LogP contribution in [0.4, 0.5) is 0 Å². The predicted octanol–water partition coefficient (Wildman–Crippen LogP) is 0.0613. The van der Waals surface area contributed by atoms with Gasteiger partial charge in [-0.3, -0.25) is 14.6 Å². The summed E-state index contributed by atoms with van der Waals surface area (Å²) in [5.74, 6) is -0.963. The molecule has 0 aliphatic carbocycles. The van der Waals surface area contributed by atoms with Crippen molar-refractivity contribution in [3.63, 3.8) is 0 Å². The van der Waals surface area contributed by atoms with Gasteiger partial charge in [0.15, 0.2) is 0 Å². The van der Waals surface area contributed by atoms with E-state index in [1.54, 1.807) is 6.07 Å². The molecule has 1 fully saturated rings. The van der Waals surface area contributed by atoms with E-state index in [0.717, 1.165) is 0 Å². The molecular weight excluding hydrogens is 258 g/mol. The van der Waals surface area contributed by atoms with Gasteiger partial charge in [0.25, 0.3) is 5.91 Å². The molecule has 1 aromatic rings. The second-order valence-electron chi connectivity index (χ2n) is 3.85. The molecule has 0 saturated carbocycles. The maximum Gasteiger partial charge on any atom is 0.273 e. The van der Waals surface area contributed by atoms with Gasteiger partial charge in [-0.1, -0.05) is 11.6 Å². The van der Waals surface area contributed by atoms with Crippen molar-refractivity contribution in [1.29, 1.82) is 0 Å². The first-order chi connectivity index (χ1) is 8.59. The van der Waals surface area contributed by atoms with Crippen molar-refractivity contribution in [3.8, 4) is 0 Å². The molecule has 0 radical (unpaired) electrons. The van der Waals surface area contributed by atoms with Gasteiger partial charge in [-0.2, -0.15) is 0 Å². The zero-order valence-corrected chi connectivity index (χ0v) is 10.3. The topological polar surface area (TPSA) is 85.5 Å². The maximum atomic E-state index is 12.2. The minimum Gasteiger partial charge on any atom is -0.377 e. The third-order valence-electron chi connectivity index (χ3n) is 2.66. The lowest BCUT2D eigenvalue weighted by Crippen LogP contribution is -2.54. The largest absolute Gasteiger partial charge is 0.377 e. The number of ether oxygens (including phenoxy) is 1. The van der Waals surface area contributed by atoms with E-state index < -0.39 is 11.9 Å². The van der Waals surface area contributed by atoms with Crippen molar-refractivity contribution in [3.05, 3.63) is 29.0 Å². The molecule has 1 aromatic heterocycles. The number of nitrogens with zero attached hydrogens (tertiary/aromatic N) is 2. The van der Waals surface area contributed by atoms with E-state index in [9.17, 15) is 9.59 Å². The highest BCUT2D eigenvalue weighted by atomic mass is 35.5. The average Bonchev–Trinajstić information content (AvgIpc) is 2.38. The number of hydrogen-bond acceptors (Lipinski definition) is 4. The number of primary amides is 1. The zero-order valence-electron chi connectivity index (χ0n) is 9.51. The number of hydrogen-bond donors (Lipinski definition) is 1. The van der Waals surface area contributed by atoms with E-state index in [4.69, 9.17) is 22.1 Å². The Hall–Kier alpha value is -1.66. The summed E-state index contributed by atoms with van der Waals surface area (Å²) in [5, 5.41) is 0.414. The maximum absolute atomic E-state index is 12.2. The molecule has 0 bridgehead atoms. The van der Waals surface area contributed by atoms with Crippen molar-refractivity contribution in [1.82, 2.24) is 9.88 Å². The zero-order chi connectivity index (χ0) is 13.1. The minimum absolute atomic E-state index is 0.113. The Kier molecular flexibility index (Phi) is 3.78. The molecule has 2 heterocycles. The smallest absolute Gasteiger partial charge is 0.273 e. The van der Waals surface area contributed by atoms with E-state index >= 15 is 0 Å². The van der Waals surface area contributed by atoms with Gasteiger partial charge < -0.3 is 15.4 Å². The summed E-state index contributed by atoms with van der Waals surface area (Å²) in [5.41, 5.74) is 5.43. The van der Waals surface area contributed by atoms with Gasteiger partial charge in [0.2, 0.25) is 5.91 Å². The van der Waals surface area contributed by atoms with Crippen LogP contribution in [0.2, 0.25) is 5.02 Å². The van der Waals surface area contributed by atoms with E-state index in [1.807, 2.05) is 0 Å². The monoisotopic (exact) mass is 269 g/mol. The van der Waals surface area contributed by atoms with Crippen molar-refractivity contribution in [2.45, 2.75) is 6.04 Å². The Bertz CT molecular complexity index is 480. The molecule has 0 spiro atoms. The van der Waals surface area contributed by atoms with Crippen LogP contribution >= 0.6 is 11.6 Å². The van der Waals surface area contributed by atoms with Crippen LogP contribution in [0.5, 0.6) is 0 Å². The Balaban J connectivity index is 2.23. The SMILES string of the molecule is NC(=O)C1COCCN1C(=O)c1cc(Cl)ccn1. The fourth-order valence-electron chi connectivity index (χ4n) is 1.75. The van der Waals surface area contributed by atoms with Gasteiger partial charge in [0.1, 0.15) is 11.7 Å². The standard InChI is InChI=1S/C11H12ClN3O3/c12-7-1-2-14-8(5-7)11(17)15-3-4-18-6-9(15)10(13)16/h1-2,5,9H,3-4,6H2,(H2,13,16). The first-order valence-electron chi connectivity index (χ1n) is 5.39. The van der Waals surface area contributed by atoms with Crippen LogP contribution in [0.3, 0.4) is 0 Å². The molecule has 1 aliphatic rings. The highest BCUT2D eigenvalue weighted by molar-refractivity contribution is 6.30. The van der Waals surface area contributed by atoms with Crippen LogP contribution in [-0.2, 0) is 9.53 Å². The van der Waals surface area contributed by atoms with Crippen molar-refractivity contribution in [2.24, 2.45) is 5.73 Å². The highest BCUT2D eigenvalue weighted by Gasteiger charge is 2.32. The van der Waals surface area contributed by atoms with Crippen LogP contribution in [0.15, 0.2) is 18.3 Å². The molecule has 1 saturated heterocycles. The summed E-state index contributed by atoms with van der Waals surface area (Å²) < 4.78 is 5.14. The molecule has 6 nitrogen and oxygen atoms in total. The third-order valence-corrected chi connectivity index (χ3v) is 2.89. The summed E-state index contributed by atoms with van der Waals surface area (Å²) >= 11 is 5.80. The van der Waals surface area contributed by atoms with E-state index in [0.29, 0.717) is 18.2 Å². The van der Waals surface area contributed by atoms with E-state index in [-0.39, 0.29) is 18.2 Å². The van der Waals surface area contributed by atoms with E-state index in [2.05, 4.69) is 4.98 Å². The first-order valence-corrected chi connectivity index (χ1v) is 5.77. The van der Waals surface area contributed by atoms with Gasteiger partial charge in [0, 0.05) is 17.8 Å². The number of rotatable bonds is 2. The number of aromatic nitrogens is 1. The molecule has 96 valence electrons. The van der Waals surface area contributed by atoms with Gasteiger partial charge in [-0.15, -0.1) is 0 Å². The Labute approximate surface area is 109 Å². The van der Waals surface area contributed by atoms with Gasteiger partial charge in [-0.25, -0.2) is 0 Å². The van der Waals surface area contributed by atoms with Crippen LogP contribution in [-0.4, -0.2) is 47.5 Å². The molecule has 0 aromatic carbocycles. The van der Waals surface area contributed by atoms with Crippen LogP contribution in [0.25, 0.3) is 0 Å². The summed E-state index contributed by atoms with van der Waals surface area (Å²) in [6, 6.07) is 2.27. The molecular formula is C11H12ClN3O3. The number of pyridine rings is 1. The van der Waals surface area contributed by atoms with Gasteiger partial charge >= 0.3 is 0 Å². The van der Waals surface area contributed by atoms with Crippen LogP contribution in [0.1, 0.15) is 10.5 Å². The lowest BCUT2D eigenvalue weighted by molar-refractivity contribution is -0.127. The fraction of sp³-hybridized carbons (Fsp3) is 0.364. The molecule has 2 amide bonds. The summed E-state index contributed by atoms with van der Waals surface area (Å²) in [4.78, 5) is 28.8. The molecule has 1 unspecified atom stereocenters. The number of morpholine rings is 1. The minimum atomic E-state index is -0.757. The quantitative estimate of drug-likeness (QED) is 0.823. The average molecular weight is 270 g/mol. The second kappa shape index (κ2) is 5.32. The molecule has 2 rings (SSSR count). The number of carbonyl (C=O) groups is 2. The number of halogens is 1. The van der Waals surface area contributed by atoms with Crippen LogP contribution in [0, 0.1) is 0 Å². The first kappa shape index (κ1) is 12.8. The lowest BCUT2D eigenvalue weighted by Gasteiger charge is -2.33. The summed E-state index contributed by atoms with van der Waals surface area (Å²) in [7, 11) is 0. The Morgan fingerprint density at radius 3 is 3.00 bits per heavy atom. The number of carbonyl (C=O) groups excluding carboxylic acids is 2. The van der Waals surface area contributed by atoms with Gasteiger partial charge in [0.05, 0.1) is 13.2 Å². The van der Waals surface area contributed by atoms with E-state index in [1.165, 1.54) is 17.2 Å². The van der Waals surface area contributed by atoms with Gasteiger partial charge in [-0.05, 0) is 12.1 Å². The highest BCUT2D eigenvalue weighted by Crippen LogP contribution is 2.14. The normalized spacial score (nSPS) is 19.6. The van der Waals surface area contributed by atoms with Crippen molar-refractivity contribution >= 4 is 23.4 Å². The number of amides is 2. The molecule has 7 heteroatoms. The van der Waals surface area contributed by atoms with Crippen molar-refractivity contribution in [2.75, 3.05) is 19.8 Å². The Morgan fingerprint density at radius 2 is 2.33 bits per heavy atom. The second-order valence-corrected chi connectivity index (χ2v) is 4.29. The molecule has 1 aliphatic heterocycles.